The Balaban J connectivity index is 4.36. The van der Waals surface area contributed by atoms with Crippen LogP contribution >= 0.6 is 15.9 Å². The summed E-state index contributed by atoms with van der Waals surface area (Å²) in [6.07, 6.45) is 1.65. The fourth-order valence-electron chi connectivity index (χ4n) is 0.997. The molecule has 0 spiro atoms. The molecule has 0 aromatic heterocycles. The lowest BCUT2D eigenvalue weighted by Crippen LogP contribution is -2.41. The third-order valence-corrected chi connectivity index (χ3v) is 9.77. The highest BCUT2D eigenvalue weighted by Gasteiger charge is 2.29. The van der Waals surface area contributed by atoms with E-state index in [4.69, 9.17) is 0 Å². The second-order valence-corrected chi connectivity index (χ2v) is 18.2. The summed E-state index contributed by atoms with van der Waals surface area (Å²) in [5.74, 6) is 0. The van der Waals surface area contributed by atoms with Gasteiger partial charge in [0.15, 0.2) is 0 Å². The molecule has 1 N–H and O–H groups in total. The van der Waals surface area contributed by atoms with Gasteiger partial charge in [-0.2, -0.15) is 0 Å². The summed E-state index contributed by atoms with van der Waals surface area (Å²) in [5, 5.41) is 9.94. The molecule has 0 aromatic carbocycles. The number of rotatable bonds is 4. The van der Waals surface area contributed by atoms with Gasteiger partial charge in [0.1, 0.15) is 0 Å². The summed E-state index contributed by atoms with van der Waals surface area (Å²) < 4.78 is 0.252. The zero-order chi connectivity index (χ0) is 11.6. The minimum atomic E-state index is -1.29. The summed E-state index contributed by atoms with van der Waals surface area (Å²) in [6.45, 7) is 13.6. The van der Waals surface area contributed by atoms with Crippen molar-refractivity contribution >= 4 is 32.1 Å². The van der Waals surface area contributed by atoms with Crippen LogP contribution in [-0.2, 0) is 0 Å². The van der Waals surface area contributed by atoms with Gasteiger partial charge in [-0.1, -0.05) is 67.0 Å². The monoisotopic (exact) mass is 294 g/mol. The summed E-state index contributed by atoms with van der Waals surface area (Å²) in [7, 11) is -2.46. The van der Waals surface area contributed by atoms with Crippen molar-refractivity contribution in [1.29, 1.82) is 0 Å². The standard InChI is InChI=1S/C10H23BrOSi2/c1-13(2,3)8-7-9(12)10(11)14(4,5)6/h7-10,12H,1-6H3/b8-7+/t9-,10+/m0/s1. The maximum absolute atomic E-state index is 9.94. The molecule has 0 aliphatic rings. The van der Waals surface area contributed by atoms with E-state index in [9.17, 15) is 5.11 Å². The van der Waals surface area contributed by atoms with E-state index in [2.05, 4.69) is 60.9 Å². The third-order valence-electron chi connectivity index (χ3n) is 1.92. The molecule has 0 saturated heterocycles. The average Bonchev–Trinajstić information content (AvgIpc) is 1.95. The maximum atomic E-state index is 9.94. The lowest BCUT2D eigenvalue weighted by Gasteiger charge is -2.26. The summed E-state index contributed by atoms with van der Waals surface area (Å²) >= 11 is 3.61. The van der Waals surface area contributed by atoms with Gasteiger partial charge in [-0.3, -0.25) is 0 Å². The molecule has 1 nitrogen and oxygen atoms in total. The van der Waals surface area contributed by atoms with Gasteiger partial charge in [-0.05, 0) is 0 Å². The molecule has 0 rings (SSSR count). The molecule has 0 unspecified atom stereocenters. The van der Waals surface area contributed by atoms with E-state index < -0.39 is 16.1 Å². The largest absolute Gasteiger partial charge is 0.388 e. The number of aliphatic hydroxyl groups is 1. The van der Waals surface area contributed by atoms with Gasteiger partial charge >= 0.3 is 0 Å². The maximum Gasteiger partial charge on any atom is 0.0817 e. The van der Waals surface area contributed by atoms with Crippen molar-refractivity contribution in [3.63, 3.8) is 0 Å². The first-order chi connectivity index (χ1) is 6.04. The normalized spacial score (nSPS) is 18.6. The lowest BCUT2D eigenvalue weighted by atomic mass is 10.4. The van der Waals surface area contributed by atoms with Crippen LogP contribution in [0.4, 0.5) is 0 Å². The van der Waals surface area contributed by atoms with Gasteiger partial charge in [0.25, 0.3) is 0 Å². The molecule has 4 heteroatoms. The second-order valence-electron chi connectivity index (χ2n) is 5.98. The first-order valence-corrected chi connectivity index (χ1v) is 13.1. The van der Waals surface area contributed by atoms with E-state index in [0.717, 1.165) is 0 Å². The Kier molecular flexibility index (Phi) is 5.32. The van der Waals surface area contributed by atoms with E-state index in [-0.39, 0.29) is 10.6 Å². The Hall–Kier alpha value is 0.614. The molecule has 14 heavy (non-hydrogen) atoms. The predicted molar refractivity (Wildman–Crippen MR) is 74.6 cm³/mol. The SMILES string of the molecule is C[Si](C)(C)/C=C/[C@H](O)[C@H](Br)[Si](C)(C)C. The Morgan fingerprint density at radius 1 is 1.07 bits per heavy atom. The van der Waals surface area contributed by atoms with Crippen molar-refractivity contribution in [1.82, 2.24) is 0 Å². The van der Waals surface area contributed by atoms with Gasteiger partial charge in [0, 0.05) is 4.45 Å². The number of hydrogen-bond acceptors (Lipinski definition) is 1. The quantitative estimate of drug-likeness (QED) is 0.622. The Bertz CT molecular complexity index is 203. The molecular formula is C10H23BrOSi2. The second kappa shape index (κ2) is 5.10. The third kappa shape index (κ3) is 6.16. The van der Waals surface area contributed by atoms with Gasteiger partial charge < -0.3 is 5.11 Å². The van der Waals surface area contributed by atoms with Crippen LogP contribution in [0.25, 0.3) is 0 Å². The van der Waals surface area contributed by atoms with Crippen LogP contribution in [0.2, 0.25) is 39.3 Å². The number of aliphatic hydroxyl groups excluding tert-OH is 1. The zero-order valence-corrected chi connectivity index (χ0v) is 13.7. The number of hydrogen-bond donors (Lipinski definition) is 1. The van der Waals surface area contributed by atoms with Crippen molar-refractivity contribution in [3.8, 4) is 0 Å². The van der Waals surface area contributed by atoms with Gasteiger partial charge in [-0.25, -0.2) is 0 Å². The summed E-state index contributed by atoms with van der Waals surface area (Å²) in [5.41, 5.74) is 2.21. The van der Waals surface area contributed by atoms with Gasteiger partial charge in [0.05, 0.1) is 22.3 Å². The van der Waals surface area contributed by atoms with Crippen molar-refractivity contribution in [2.24, 2.45) is 0 Å². The first-order valence-electron chi connectivity index (χ1n) is 5.05. The van der Waals surface area contributed by atoms with Crippen LogP contribution in [0.5, 0.6) is 0 Å². The molecule has 84 valence electrons. The lowest BCUT2D eigenvalue weighted by molar-refractivity contribution is 0.238. The smallest absolute Gasteiger partial charge is 0.0817 e. The fourth-order valence-corrected chi connectivity index (χ4v) is 3.08. The first kappa shape index (κ1) is 14.6. The fraction of sp³-hybridized carbons (Fsp3) is 0.800. The van der Waals surface area contributed by atoms with E-state index >= 15 is 0 Å². The topological polar surface area (TPSA) is 20.2 Å². The van der Waals surface area contributed by atoms with Crippen molar-refractivity contribution in [2.45, 2.75) is 49.8 Å². The molecular weight excluding hydrogens is 272 g/mol. The van der Waals surface area contributed by atoms with Crippen LogP contribution in [-0.4, -0.2) is 31.8 Å². The van der Waals surface area contributed by atoms with E-state index in [0.29, 0.717) is 0 Å². The Morgan fingerprint density at radius 3 is 1.79 bits per heavy atom. The predicted octanol–water partition coefficient (Wildman–Crippen LogP) is 3.42. The van der Waals surface area contributed by atoms with E-state index in [1.165, 1.54) is 0 Å². The highest BCUT2D eigenvalue weighted by molar-refractivity contribution is 9.10. The Labute approximate surface area is 98.8 Å². The average molecular weight is 295 g/mol. The highest BCUT2D eigenvalue weighted by atomic mass is 79.9. The summed E-state index contributed by atoms with van der Waals surface area (Å²) in [6, 6.07) is 0. The molecule has 0 radical (unpaired) electrons. The molecule has 0 aliphatic heterocycles. The van der Waals surface area contributed by atoms with Crippen LogP contribution < -0.4 is 0 Å². The van der Waals surface area contributed by atoms with Crippen molar-refractivity contribution in [3.05, 3.63) is 11.8 Å². The zero-order valence-electron chi connectivity index (χ0n) is 10.1. The molecule has 0 aromatic rings. The van der Waals surface area contributed by atoms with E-state index in [1.807, 2.05) is 6.08 Å². The minimum Gasteiger partial charge on any atom is -0.388 e. The van der Waals surface area contributed by atoms with Gasteiger partial charge in [-0.15, -0.1) is 0 Å². The Morgan fingerprint density at radius 2 is 1.50 bits per heavy atom. The molecule has 0 bridgehead atoms. The van der Waals surface area contributed by atoms with Crippen molar-refractivity contribution < 1.29 is 5.11 Å². The minimum absolute atomic E-state index is 0.252. The molecule has 0 heterocycles. The number of halogens is 1. The van der Waals surface area contributed by atoms with Crippen LogP contribution in [0.3, 0.4) is 0 Å². The molecule has 0 saturated carbocycles. The highest BCUT2D eigenvalue weighted by Crippen LogP contribution is 2.21. The van der Waals surface area contributed by atoms with Gasteiger partial charge in [0.2, 0.25) is 0 Å². The van der Waals surface area contributed by atoms with Crippen LogP contribution in [0, 0.1) is 0 Å². The van der Waals surface area contributed by atoms with E-state index in [1.54, 1.807) is 0 Å². The number of alkyl halides is 1. The summed E-state index contributed by atoms with van der Waals surface area (Å²) in [4.78, 5) is 0. The molecule has 0 amide bonds. The van der Waals surface area contributed by atoms with Crippen LogP contribution in [0.15, 0.2) is 11.8 Å². The molecule has 0 fully saturated rings. The van der Waals surface area contributed by atoms with Crippen molar-refractivity contribution in [2.75, 3.05) is 0 Å². The molecule has 0 aliphatic carbocycles. The van der Waals surface area contributed by atoms with Crippen LogP contribution in [0.1, 0.15) is 0 Å². The molecule has 2 atom stereocenters.